The molecule has 0 aromatic heterocycles. The summed E-state index contributed by atoms with van der Waals surface area (Å²) in [5, 5.41) is 0. The fourth-order valence-electron chi connectivity index (χ4n) is 3.61. The molecule has 0 aliphatic carbocycles. The molecule has 1 N–H and O–H groups in total. The molecule has 1 saturated heterocycles. The minimum absolute atomic E-state index is 0.406. The van der Waals surface area contributed by atoms with E-state index in [-0.39, 0.29) is 0 Å². The Balaban J connectivity index is 1.55. The van der Waals surface area contributed by atoms with Gasteiger partial charge in [-0.25, -0.2) is 8.42 Å². The van der Waals surface area contributed by atoms with Crippen LogP contribution < -0.4 is 4.72 Å². The van der Waals surface area contributed by atoms with Gasteiger partial charge in [-0.15, -0.1) is 0 Å². The molecule has 0 bridgehead atoms. The fraction of sp³-hybridized carbons (Fsp3) is 0.348. The van der Waals surface area contributed by atoms with Crippen molar-refractivity contribution in [2.24, 2.45) is 0 Å². The summed E-state index contributed by atoms with van der Waals surface area (Å²) < 4.78 is 66.9. The van der Waals surface area contributed by atoms with Gasteiger partial charge in [0, 0.05) is 32.7 Å². The number of halogens is 3. The third-order valence-electron chi connectivity index (χ3n) is 5.34. The zero-order valence-electron chi connectivity index (χ0n) is 18.1. The molecule has 0 unspecified atom stereocenters. The van der Waals surface area contributed by atoms with E-state index in [1.54, 1.807) is 0 Å². The van der Waals surface area contributed by atoms with Crippen LogP contribution in [0.5, 0.6) is 0 Å². The molecule has 1 atom stereocenters. The third kappa shape index (κ3) is 6.66. The predicted molar refractivity (Wildman–Crippen MR) is 120 cm³/mol. The lowest BCUT2D eigenvalue weighted by molar-refractivity contribution is -0.139. The number of carbonyl (C=O) groups is 1. The maximum Gasteiger partial charge on any atom is 0.417 e. The first-order valence-electron chi connectivity index (χ1n) is 10.5. The first-order valence-corrected chi connectivity index (χ1v) is 12.0. The SMILES string of the molecule is C[C@H](NS(=O)(=O)c1ccccc1C(F)(F)F)C(=O)N1CCN(C/C=C/c2ccccc2)CC1. The van der Waals surface area contributed by atoms with Crippen LogP contribution >= 0.6 is 0 Å². The first-order chi connectivity index (χ1) is 15.6. The number of alkyl halides is 3. The van der Waals surface area contributed by atoms with E-state index in [2.05, 4.69) is 9.62 Å². The number of hydrogen-bond donors (Lipinski definition) is 1. The van der Waals surface area contributed by atoms with Crippen LogP contribution in [0.2, 0.25) is 0 Å². The summed E-state index contributed by atoms with van der Waals surface area (Å²) in [5.41, 5.74) is -0.172. The zero-order valence-corrected chi connectivity index (χ0v) is 18.9. The average Bonchev–Trinajstić information content (AvgIpc) is 2.79. The molecule has 10 heteroatoms. The van der Waals surface area contributed by atoms with Crippen molar-refractivity contribution in [3.8, 4) is 0 Å². The Morgan fingerprint density at radius 3 is 2.27 bits per heavy atom. The van der Waals surface area contributed by atoms with Crippen molar-refractivity contribution in [2.75, 3.05) is 32.7 Å². The second kappa shape index (κ2) is 10.5. The Hall–Kier alpha value is -2.69. The molecule has 1 amide bonds. The van der Waals surface area contributed by atoms with Gasteiger partial charge in [-0.05, 0) is 24.6 Å². The summed E-state index contributed by atoms with van der Waals surface area (Å²) in [6.07, 6.45) is -0.765. The second-order valence-electron chi connectivity index (χ2n) is 7.78. The van der Waals surface area contributed by atoms with Crippen LogP contribution in [-0.2, 0) is 21.0 Å². The normalized spacial score (nSPS) is 16.8. The highest BCUT2D eigenvalue weighted by Crippen LogP contribution is 2.33. The highest BCUT2D eigenvalue weighted by Gasteiger charge is 2.38. The van der Waals surface area contributed by atoms with Gasteiger partial charge in [0.15, 0.2) is 0 Å². The van der Waals surface area contributed by atoms with E-state index in [1.165, 1.54) is 17.9 Å². The van der Waals surface area contributed by atoms with Crippen LogP contribution in [0.4, 0.5) is 13.2 Å². The molecule has 0 saturated carbocycles. The van der Waals surface area contributed by atoms with Gasteiger partial charge in [0.05, 0.1) is 16.5 Å². The summed E-state index contributed by atoms with van der Waals surface area (Å²) in [6, 6.07) is 12.6. The van der Waals surface area contributed by atoms with Crippen LogP contribution in [0.1, 0.15) is 18.1 Å². The molecule has 2 aromatic carbocycles. The van der Waals surface area contributed by atoms with Crippen LogP contribution in [0.3, 0.4) is 0 Å². The lowest BCUT2D eigenvalue weighted by atomic mass is 10.2. The molecule has 1 aliphatic heterocycles. The van der Waals surface area contributed by atoms with E-state index >= 15 is 0 Å². The van der Waals surface area contributed by atoms with Crippen LogP contribution in [-0.4, -0.2) is 62.9 Å². The number of piperazine rings is 1. The lowest BCUT2D eigenvalue weighted by Crippen LogP contribution is -2.54. The maximum atomic E-state index is 13.2. The van der Waals surface area contributed by atoms with Gasteiger partial charge < -0.3 is 4.90 Å². The molecule has 0 spiro atoms. The molecular weight excluding hydrogens is 455 g/mol. The van der Waals surface area contributed by atoms with Gasteiger partial charge in [-0.2, -0.15) is 17.9 Å². The van der Waals surface area contributed by atoms with E-state index < -0.39 is 38.6 Å². The Kier molecular flexibility index (Phi) is 7.93. The quantitative estimate of drug-likeness (QED) is 0.659. The number of nitrogens with one attached hydrogen (secondary N) is 1. The average molecular weight is 482 g/mol. The zero-order chi connectivity index (χ0) is 24.1. The van der Waals surface area contributed by atoms with E-state index in [9.17, 15) is 26.4 Å². The number of amides is 1. The maximum absolute atomic E-state index is 13.2. The molecule has 1 fully saturated rings. The monoisotopic (exact) mass is 481 g/mol. The molecule has 3 rings (SSSR count). The third-order valence-corrected chi connectivity index (χ3v) is 6.94. The minimum atomic E-state index is -4.83. The largest absolute Gasteiger partial charge is 0.417 e. The Bertz CT molecular complexity index is 1080. The molecule has 178 valence electrons. The first kappa shape index (κ1) is 24.9. The highest BCUT2D eigenvalue weighted by atomic mass is 32.2. The van der Waals surface area contributed by atoms with E-state index in [4.69, 9.17) is 0 Å². The lowest BCUT2D eigenvalue weighted by Gasteiger charge is -2.35. The van der Waals surface area contributed by atoms with Crippen molar-refractivity contribution < 1.29 is 26.4 Å². The summed E-state index contributed by atoms with van der Waals surface area (Å²) in [7, 11) is -4.54. The summed E-state index contributed by atoms with van der Waals surface area (Å²) in [4.78, 5) is 15.5. The van der Waals surface area contributed by atoms with E-state index in [0.717, 1.165) is 17.7 Å². The minimum Gasteiger partial charge on any atom is -0.339 e. The number of carbonyl (C=O) groups excluding carboxylic acids is 1. The summed E-state index contributed by atoms with van der Waals surface area (Å²) in [6.45, 7) is 4.09. The number of hydrogen-bond acceptors (Lipinski definition) is 4. The van der Waals surface area contributed by atoms with Crippen molar-refractivity contribution in [3.63, 3.8) is 0 Å². The van der Waals surface area contributed by atoms with E-state index in [0.29, 0.717) is 38.8 Å². The van der Waals surface area contributed by atoms with Gasteiger partial charge >= 0.3 is 6.18 Å². The molecule has 1 heterocycles. The van der Waals surface area contributed by atoms with Crippen molar-refractivity contribution in [2.45, 2.75) is 24.0 Å². The molecule has 2 aromatic rings. The molecule has 1 aliphatic rings. The van der Waals surface area contributed by atoms with Crippen molar-refractivity contribution in [3.05, 3.63) is 71.8 Å². The molecular formula is C23H26F3N3O3S. The Morgan fingerprint density at radius 2 is 1.64 bits per heavy atom. The molecule has 0 radical (unpaired) electrons. The smallest absolute Gasteiger partial charge is 0.339 e. The van der Waals surface area contributed by atoms with Crippen molar-refractivity contribution >= 4 is 22.0 Å². The molecule has 33 heavy (non-hydrogen) atoms. The fourth-order valence-corrected chi connectivity index (χ4v) is 5.03. The number of nitrogens with zero attached hydrogens (tertiary/aromatic N) is 2. The second-order valence-corrected chi connectivity index (χ2v) is 9.46. The highest BCUT2D eigenvalue weighted by molar-refractivity contribution is 7.89. The van der Waals surface area contributed by atoms with Gasteiger partial charge in [0.2, 0.25) is 15.9 Å². The Morgan fingerprint density at radius 1 is 1.03 bits per heavy atom. The van der Waals surface area contributed by atoms with Gasteiger partial charge in [0.1, 0.15) is 0 Å². The topological polar surface area (TPSA) is 69.7 Å². The number of sulfonamides is 1. The number of rotatable bonds is 7. The van der Waals surface area contributed by atoms with Gasteiger partial charge in [-0.3, -0.25) is 9.69 Å². The van der Waals surface area contributed by atoms with Crippen LogP contribution in [0.25, 0.3) is 6.08 Å². The standard InChI is InChI=1S/C23H26F3N3O3S/c1-18(27-33(31,32)21-12-6-5-11-20(21)23(24,25)26)22(30)29-16-14-28(15-17-29)13-7-10-19-8-3-2-4-9-19/h2-12,18,27H,13-17H2,1H3/b10-7+/t18-/m0/s1. The van der Waals surface area contributed by atoms with Gasteiger partial charge in [0.25, 0.3) is 0 Å². The van der Waals surface area contributed by atoms with Crippen LogP contribution in [0, 0.1) is 0 Å². The van der Waals surface area contributed by atoms with Gasteiger partial charge in [-0.1, -0.05) is 54.6 Å². The summed E-state index contributed by atoms with van der Waals surface area (Å²) >= 11 is 0. The number of benzene rings is 2. The summed E-state index contributed by atoms with van der Waals surface area (Å²) in [5.74, 6) is -0.470. The molecule has 6 nitrogen and oxygen atoms in total. The predicted octanol–water partition coefficient (Wildman–Crippen LogP) is 3.23. The van der Waals surface area contributed by atoms with E-state index in [1.807, 2.05) is 42.5 Å². The van der Waals surface area contributed by atoms with Crippen molar-refractivity contribution in [1.82, 2.24) is 14.5 Å². The van der Waals surface area contributed by atoms with Crippen molar-refractivity contribution in [1.29, 1.82) is 0 Å². The van der Waals surface area contributed by atoms with Crippen LogP contribution in [0.15, 0.2) is 65.6 Å². The Labute approximate surface area is 191 Å².